The van der Waals surface area contributed by atoms with Gasteiger partial charge in [0, 0.05) is 19.5 Å². The Bertz CT molecular complexity index is 664. The van der Waals surface area contributed by atoms with Crippen molar-refractivity contribution in [3.63, 3.8) is 0 Å². The Labute approximate surface area is 132 Å². The number of carbonyl (C=O) groups excluding carboxylic acids is 4. The SMILES string of the molecule is CCN1CC(C(=O)ON2C(=O)c3ccccc3C2=O)CCC1=O. The van der Waals surface area contributed by atoms with Crippen LogP contribution in [0.25, 0.3) is 0 Å². The first-order valence-electron chi connectivity index (χ1n) is 7.50. The first-order valence-corrected chi connectivity index (χ1v) is 7.50. The molecule has 2 aliphatic heterocycles. The van der Waals surface area contributed by atoms with Crippen molar-refractivity contribution in [2.24, 2.45) is 5.92 Å². The van der Waals surface area contributed by atoms with Gasteiger partial charge >= 0.3 is 5.97 Å². The Morgan fingerprint density at radius 3 is 2.35 bits per heavy atom. The molecule has 1 saturated heterocycles. The third-order valence-corrected chi connectivity index (χ3v) is 4.15. The lowest BCUT2D eigenvalue weighted by molar-refractivity contribution is -0.176. The molecule has 23 heavy (non-hydrogen) atoms. The summed E-state index contributed by atoms with van der Waals surface area (Å²) in [6, 6.07) is 6.31. The maximum atomic E-state index is 12.3. The maximum absolute atomic E-state index is 12.3. The van der Waals surface area contributed by atoms with Gasteiger partial charge in [-0.25, -0.2) is 4.79 Å². The molecule has 2 heterocycles. The van der Waals surface area contributed by atoms with Gasteiger partial charge in [-0.2, -0.15) is 0 Å². The van der Waals surface area contributed by atoms with Crippen molar-refractivity contribution < 1.29 is 24.0 Å². The first kappa shape index (κ1) is 15.2. The van der Waals surface area contributed by atoms with Crippen molar-refractivity contribution in [3.05, 3.63) is 35.4 Å². The van der Waals surface area contributed by atoms with Gasteiger partial charge in [-0.05, 0) is 25.5 Å². The highest BCUT2D eigenvalue weighted by Crippen LogP contribution is 2.25. The second kappa shape index (κ2) is 5.83. The molecule has 0 bridgehead atoms. The van der Waals surface area contributed by atoms with Gasteiger partial charge in [0.1, 0.15) is 0 Å². The molecule has 7 nitrogen and oxygen atoms in total. The van der Waals surface area contributed by atoms with Crippen molar-refractivity contribution in [1.82, 2.24) is 9.96 Å². The second-order valence-corrected chi connectivity index (χ2v) is 5.53. The highest BCUT2D eigenvalue weighted by atomic mass is 16.7. The molecule has 1 atom stereocenters. The van der Waals surface area contributed by atoms with Crippen LogP contribution in [0, 0.1) is 5.92 Å². The molecule has 0 aliphatic carbocycles. The standard InChI is InChI=1S/C16H16N2O5/c1-2-17-9-10(7-8-13(17)19)16(22)23-18-14(20)11-5-3-4-6-12(11)15(18)21/h3-6,10H,2,7-9H2,1H3. The lowest BCUT2D eigenvalue weighted by Crippen LogP contribution is -2.44. The summed E-state index contributed by atoms with van der Waals surface area (Å²) in [5.74, 6) is -2.48. The molecule has 0 radical (unpaired) electrons. The van der Waals surface area contributed by atoms with Crippen LogP contribution < -0.4 is 0 Å². The van der Waals surface area contributed by atoms with Gasteiger partial charge in [-0.3, -0.25) is 14.4 Å². The van der Waals surface area contributed by atoms with E-state index in [1.54, 1.807) is 17.0 Å². The fourth-order valence-corrected chi connectivity index (χ4v) is 2.83. The van der Waals surface area contributed by atoms with E-state index in [-0.39, 0.29) is 30.0 Å². The summed E-state index contributed by atoms with van der Waals surface area (Å²) < 4.78 is 0. The number of hydroxylamine groups is 2. The van der Waals surface area contributed by atoms with Gasteiger partial charge < -0.3 is 9.74 Å². The monoisotopic (exact) mass is 316 g/mol. The number of amides is 3. The molecule has 0 spiro atoms. The van der Waals surface area contributed by atoms with Crippen LogP contribution in [0.4, 0.5) is 0 Å². The second-order valence-electron chi connectivity index (χ2n) is 5.53. The number of imide groups is 1. The molecule has 1 unspecified atom stereocenters. The van der Waals surface area contributed by atoms with Crippen LogP contribution >= 0.6 is 0 Å². The topological polar surface area (TPSA) is 84.0 Å². The van der Waals surface area contributed by atoms with Crippen LogP contribution in [-0.4, -0.2) is 46.7 Å². The van der Waals surface area contributed by atoms with E-state index in [1.165, 1.54) is 12.1 Å². The molecule has 1 aromatic carbocycles. The lowest BCUT2D eigenvalue weighted by atomic mass is 9.98. The summed E-state index contributed by atoms with van der Waals surface area (Å²) in [7, 11) is 0. The van der Waals surface area contributed by atoms with E-state index in [4.69, 9.17) is 4.84 Å². The number of piperidine rings is 1. The number of carbonyl (C=O) groups is 4. The molecule has 7 heteroatoms. The quantitative estimate of drug-likeness (QED) is 0.777. The number of fused-ring (bicyclic) bond motifs is 1. The Morgan fingerprint density at radius 2 is 1.78 bits per heavy atom. The number of likely N-dealkylation sites (tertiary alicyclic amines) is 1. The molecule has 0 aromatic heterocycles. The minimum Gasteiger partial charge on any atom is -0.342 e. The normalized spacial score (nSPS) is 20.7. The smallest absolute Gasteiger partial charge is 0.338 e. The van der Waals surface area contributed by atoms with Gasteiger partial charge in [-0.1, -0.05) is 17.2 Å². The van der Waals surface area contributed by atoms with Crippen LogP contribution in [0.5, 0.6) is 0 Å². The van der Waals surface area contributed by atoms with Gasteiger partial charge in [0.2, 0.25) is 5.91 Å². The Balaban J connectivity index is 1.71. The highest BCUT2D eigenvalue weighted by molar-refractivity contribution is 6.20. The largest absolute Gasteiger partial charge is 0.342 e. The molecule has 1 aromatic rings. The number of nitrogens with zero attached hydrogens (tertiary/aromatic N) is 2. The number of hydrogen-bond acceptors (Lipinski definition) is 5. The van der Waals surface area contributed by atoms with Crippen molar-refractivity contribution in [1.29, 1.82) is 0 Å². The zero-order chi connectivity index (χ0) is 16.6. The molecule has 120 valence electrons. The molecule has 2 aliphatic rings. The molecule has 3 rings (SSSR count). The van der Waals surface area contributed by atoms with Crippen LogP contribution in [0.2, 0.25) is 0 Å². The number of rotatable bonds is 3. The van der Waals surface area contributed by atoms with E-state index in [2.05, 4.69) is 0 Å². The summed E-state index contributed by atoms with van der Waals surface area (Å²) in [5, 5.41) is 0.514. The van der Waals surface area contributed by atoms with Crippen LogP contribution in [0.15, 0.2) is 24.3 Å². The summed E-state index contributed by atoms with van der Waals surface area (Å²) in [6.45, 7) is 2.59. The van der Waals surface area contributed by atoms with E-state index >= 15 is 0 Å². The molecule has 3 amide bonds. The number of benzene rings is 1. The first-order chi connectivity index (χ1) is 11.0. The molecule has 0 N–H and O–H groups in total. The van der Waals surface area contributed by atoms with E-state index in [0.29, 0.717) is 18.0 Å². The summed E-state index contributed by atoms with van der Waals surface area (Å²) in [4.78, 5) is 54.8. The fourth-order valence-electron chi connectivity index (χ4n) is 2.83. The molecular weight excluding hydrogens is 300 g/mol. The van der Waals surface area contributed by atoms with E-state index < -0.39 is 23.7 Å². The number of hydrogen-bond donors (Lipinski definition) is 0. The Kier molecular flexibility index (Phi) is 3.85. The zero-order valence-electron chi connectivity index (χ0n) is 12.7. The van der Waals surface area contributed by atoms with E-state index in [9.17, 15) is 19.2 Å². The summed E-state index contributed by atoms with van der Waals surface area (Å²) >= 11 is 0. The van der Waals surface area contributed by atoms with Gasteiger partial charge in [0.05, 0.1) is 17.0 Å². The zero-order valence-corrected chi connectivity index (χ0v) is 12.7. The van der Waals surface area contributed by atoms with Crippen LogP contribution in [-0.2, 0) is 14.4 Å². The minimum absolute atomic E-state index is 0.00252. The Morgan fingerprint density at radius 1 is 1.17 bits per heavy atom. The third kappa shape index (κ3) is 2.58. The summed E-state index contributed by atoms with van der Waals surface area (Å²) in [6.07, 6.45) is 0.618. The van der Waals surface area contributed by atoms with Crippen molar-refractivity contribution in [2.45, 2.75) is 19.8 Å². The van der Waals surface area contributed by atoms with Crippen molar-refractivity contribution in [2.75, 3.05) is 13.1 Å². The minimum atomic E-state index is -0.662. The van der Waals surface area contributed by atoms with Crippen molar-refractivity contribution >= 4 is 23.7 Å². The highest BCUT2D eigenvalue weighted by Gasteiger charge is 2.40. The van der Waals surface area contributed by atoms with Gasteiger partial charge in [0.15, 0.2) is 0 Å². The van der Waals surface area contributed by atoms with Crippen molar-refractivity contribution in [3.8, 4) is 0 Å². The average Bonchev–Trinajstić information content (AvgIpc) is 2.80. The van der Waals surface area contributed by atoms with E-state index in [1.807, 2.05) is 6.92 Å². The van der Waals surface area contributed by atoms with Crippen LogP contribution in [0.1, 0.15) is 40.5 Å². The third-order valence-electron chi connectivity index (χ3n) is 4.15. The van der Waals surface area contributed by atoms with E-state index in [0.717, 1.165) is 0 Å². The van der Waals surface area contributed by atoms with Crippen LogP contribution in [0.3, 0.4) is 0 Å². The molecular formula is C16H16N2O5. The average molecular weight is 316 g/mol. The Hall–Kier alpha value is -2.70. The summed E-state index contributed by atoms with van der Waals surface area (Å²) in [5.41, 5.74) is 0.443. The molecule has 0 saturated carbocycles. The predicted octanol–water partition coefficient (Wildman–Crippen LogP) is 0.999. The molecule has 1 fully saturated rings. The lowest BCUT2D eigenvalue weighted by Gasteiger charge is -2.30. The maximum Gasteiger partial charge on any atom is 0.338 e. The fraction of sp³-hybridized carbons (Fsp3) is 0.375. The van der Waals surface area contributed by atoms with Gasteiger partial charge in [0.25, 0.3) is 11.8 Å². The van der Waals surface area contributed by atoms with Gasteiger partial charge in [-0.15, -0.1) is 0 Å². The predicted molar refractivity (Wildman–Crippen MR) is 78.0 cm³/mol.